The van der Waals surface area contributed by atoms with Crippen molar-refractivity contribution in [1.82, 2.24) is 4.90 Å². The summed E-state index contributed by atoms with van der Waals surface area (Å²) in [6.07, 6.45) is 11.2. The van der Waals surface area contributed by atoms with Crippen molar-refractivity contribution in [1.29, 1.82) is 0 Å². The normalized spacial score (nSPS) is 13.6. The van der Waals surface area contributed by atoms with Gasteiger partial charge in [-0.3, -0.25) is 14.8 Å². The number of carbonyl (C=O) groups excluding carboxylic acids is 1. The number of benzene rings is 2. The molecule has 0 radical (unpaired) electrons. The van der Waals surface area contributed by atoms with Crippen LogP contribution in [0.3, 0.4) is 0 Å². The second kappa shape index (κ2) is 20.4. The van der Waals surface area contributed by atoms with Crippen LogP contribution in [0.4, 0.5) is 5.69 Å². The molecule has 8 heteroatoms. The van der Waals surface area contributed by atoms with Crippen LogP contribution in [0.2, 0.25) is 5.02 Å². The Balaban J connectivity index is 2.42. The van der Waals surface area contributed by atoms with E-state index >= 15 is 0 Å². The van der Waals surface area contributed by atoms with Crippen LogP contribution in [0.25, 0.3) is 0 Å². The molecule has 250 valence electrons. The molecule has 0 saturated heterocycles. The number of amides is 1. The van der Waals surface area contributed by atoms with Gasteiger partial charge in [0.25, 0.3) is 0 Å². The zero-order valence-corrected chi connectivity index (χ0v) is 29.3. The Labute approximate surface area is 281 Å². The third-order valence-corrected chi connectivity index (χ3v) is 8.24. The minimum Gasteiger partial charge on any atom is -0.506 e. The van der Waals surface area contributed by atoms with E-state index < -0.39 is 6.04 Å². The Kier molecular flexibility index (Phi) is 17.1. The summed E-state index contributed by atoms with van der Waals surface area (Å²) < 4.78 is 0. The number of nitrogens with zero attached hydrogens (tertiary/aromatic N) is 3. The summed E-state index contributed by atoms with van der Waals surface area (Å²) in [5.41, 5.74) is 5.34. The van der Waals surface area contributed by atoms with Gasteiger partial charge in [0, 0.05) is 23.3 Å². The van der Waals surface area contributed by atoms with E-state index in [1.165, 1.54) is 0 Å². The van der Waals surface area contributed by atoms with Gasteiger partial charge in [0.1, 0.15) is 12.4 Å². The highest BCUT2D eigenvalue weighted by molar-refractivity contribution is 6.30. The second-order valence-electron chi connectivity index (χ2n) is 11.4. The van der Waals surface area contributed by atoms with Gasteiger partial charge >= 0.3 is 0 Å². The average Bonchev–Trinajstić information content (AvgIpc) is 3.05. The topological polar surface area (TPSA) is 97.5 Å². The van der Waals surface area contributed by atoms with Crippen LogP contribution < -0.4 is 5.32 Å². The van der Waals surface area contributed by atoms with Crippen molar-refractivity contribution < 1.29 is 15.0 Å². The highest BCUT2D eigenvalue weighted by Gasteiger charge is 2.26. The molecule has 1 amide bonds. The van der Waals surface area contributed by atoms with E-state index in [4.69, 9.17) is 16.6 Å². The molecule has 2 aromatic carbocycles. The first-order chi connectivity index (χ1) is 22.2. The number of aliphatic imine (C=N–C) groups is 2. The zero-order valence-electron chi connectivity index (χ0n) is 28.5. The first-order valence-corrected chi connectivity index (χ1v) is 16.9. The standard InChI is InChI=1S/C38H53ClN4O3/c1-8-14-30(15-9-2)31-18-19-34(36(45)23-31)41-26-42-37(29(12-5)24-40-7)28(11-4)21-27(6)38(46)43(20-10-3)35(25-44)32-16-13-17-33(39)22-32/h11,13,16-19,21-24,30,35,41,44-45H,7-10,12,14-15,20,25-26H2,1-6H3/b27-21+,28-11+,29-24-,42-37-. The van der Waals surface area contributed by atoms with Gasteiger partial charge in [-0.05, 0) is 105 Å². The molecule has 0 bridgehead atoms. The number of rotatable bonds is 19. The Bertz CT molecular complexity index is 1410. The molecule has 0 fully saturated rings. The molecule has 0 aliphatic rings. The Morgan fingerprint density at radius 2 is 1.78 bits per heavy atom. The number of phenols is 1. The number of aliphatic hydroxyl groups is 1. The van der Waals surface area contributed by atoms with Crippen LogP contribution in [0.1, 0.15) is 103 Å². The maximum absolute atomic E-state index is 13.9. The molecule has 0 heterocycles. The highest BCUT2D eigenvalue weighted by atomic mass is 35.5. The molecule has 2 aromatic rings. The fraction of sp³-hybridized carbons (Fsp3) is 0.447. The number of anilines is 1. The molecule has 1 atom stereocenters. The summed E-state index contributed by atoms with van der Waals surface area (Å²) in [5, 5.41) is 25.0. The van der Waals surface area contributed by atoms with Crippen molar-refractivity contribution in [2.75, 3.05) is 25.1 Å². The Hall–Kier alpha value is -3.68. The molecule has 1 unspecified atom stereocenters. The van der Waals surface area contributed by atoms with Crippen LogP contribution in [0.15, 0.2) is 87.5 Å². The van der Waals surface area contributed by atoms with Gasteiger partial charge in [0.2, 0.25) is 5.91 Å². The number of hydrogen-bond acceptors (Lipinski definition) is 6. The van der Waals surface area contributed by atoms with Gasteiger partial charge in [0.05, 0.1) is 24.0 Å². The summed E-state index contributed by atoms with van der Waals surface area (Å²) in [6.45, 7) is 16.2. The fourth-order valence-corrected chi connectivity index (χ4v) is 5.88. The van der Waals surface area contributed by atoms with Crippen molar-refractivity contribution >= 4 is 35.6 Å². The molecule has 2 rings (SSSR count). The van der Waals surface area contributed by atoms with Gasteiger partial charge < -0.3 is 20.4 Å². The van der Waals surface area contributed by atoms with Crippen LogP contribution in [0.5, 0.6) is 5.75 Å². The van der Waals surface area contributed by atoms with E-state index in [1.54, 1.807) is 30.2 Å². The number of halogens is 1. The first kappa shape index (κ1) is 38.5. The van der Waals surface area contributed by atoms with Crippen LogP contribution in [-0.2, 0) is 4.79 Å². The number of aromatic hydroxyl groups is 1. The quantitative estimate of drug-likeness (QED) is 0.0612. The van der Waals surface area contributed by atoms with Crippen molar-refractivity contribution in [2.24, 2.45) is 9.98 Å². The van der Waals surface area contributed by atoms with E-state index in [-0.39, 0.29) is 24.9 Å². The third kappa shape index (κ3) is 11.0. The molecule has 46 heavy (non-hydrogen) atoms. The van der Waals surface area contributed by atoms with Crippen molar-refractivity contribution in [3.8, 4) is 5.75 Å². The highest BCUT2D eigenvalue weighted by Crippen LogP contribution is 2.33. The maximum Gasteiger partial charge on any atom is 0.250 e. The van der Waals surface area contributed by atoms with Crippen molar-refractivity contribution in [3.63, 3.8) is 0 Å². The summed E-state index contributed by atoms with van der Waals surface area (Å²) in [5.74, 6) is 0.452. The number of aliphatic hydroxyl groups excluding tert-OH is 1. The monoisotopic (exact) mass is 648 g/mol. The lowest BCUT2D eigenvalue weighted by molar-refractivity contribution is -0.130. The third-order valence-electron chi connectivity index (χ3n) is 8.01. The molecule has 3 N–H and O–H groups in total. The van der Waals surface area contributed by atoms with Gasteiger partial charge in [-0.25, -0.2) is 0 Å². The molecular weight excluding hydrogens is 596 g/mol. The lowest BCUT2D eigenvalue weighted by Gasteiger charge is -2.31. The SMILES string of the molecule is C=N\C=C(CC)/C(=N\CNc1ccc(C(CCC)CCC)cc1O)C(/C=C(\C)C(=O)N(CCC)C(CO)c1cccc(Cl)c1)=C/C. The zero-order chi connectivity index (χ0) is 34.1. The molecular formula is C38H53ClN4O3. The Morgan fingerprint density at radius 1 is 1.07 bits per heavy atom. The minimum atomic E-state index is -0.532. The number of allylic oxidation sites excluding steroid dienone is 4. The predicted molar refractivity (Wildman–Crippen MR) is 195 cm³/mol. The van der Waals surface area contributed by atoms with Crippen molar-refractivity contribution in [2.45, 2.75) is 92.0 Å². The van der Waals surface area contributed by atoms with Crippen LogP contribution in [-0.4, -0.2) is 53.3 Å². The minimum absolute atomic E-state index is 0.184. The van der Waals surface area contributed by atoms with Crippen LogP contribution in [0, 0.1) is 0 Å². The molecule has 0 spiro atoms. The summed E-state index contributed by atoms with van der Waals surface area (Å²) in [4.78, 5) is 24.5. The number of phenolic OH excluding ortho intramolecular Hbond substituents is 1. The van der Waals surface area contributed by atoms with Crippen molar-refractivity contribution in [3.05, 3.63) is 93.7 Å². The number of hydrogen-bond donors (Lipinski definition) is 3. The predicted octanol–water partition coefficient (Wildman–Crippen LogP) is 9.40. The smallest absolute Gasteiger partial charge is 0.250 e. The first-order valence-electron chi connectivity index (χ1n) is 16.5. The van der Waals surface area contributed by atoms with Gasteiger partial charge in [-0.2, -0.15) is 0 Å². The lowest BCUT2D eigenvalue weighted by atomic mass is 9.90. The Morgan fingerprint density at radius 3 is 2.33 bits per heavy atom. The molecule has 0 aliphatic heterocycles. The van der Waals surface area contributed by atoms with Gasteiger partial charge in [0.15, 0.2) is 0 Å². The second-order valence-corrected chi connectivity index (χ2v) is 11.8. The fourth-order valence-electron chi connectivity index (χ4n) is 5.69. The summed E-state index contributed by atoms with van der Waals surface area (Å²) >= 11 is 6.24. The summed E-state index contributed by atoms with van der Waals surface area (Å²) in [6, 6.07) is 12.6. The van der Waals surface area contributed by atoms with E-state index in [2.05, 4.69) is 36.9 Å². The van der Waals surface area contributed by atoms with E-state index in [0.717, 1.165) is 54.4 Å². The molecule has 7 nitrogen and oxygen atoms in total. The van der Waals surface area contributed by atoms with Crippen LogP contribution >= 0.6 is 11.6 Å². The molecule has 0 aliphatic carbocycles. The van der Waals surface area contributed by atoms with E-state index in [9.17, 15) is 15.0 Å². The maximum atomic E-state index is 13.9. The van der Waals surface area contributed by atoms with E-state index in [1.807, 2.05) is 57.2 Å². The summed E-state index contributed by atoms with van der Waals surface area (Å²) in [7, 11) is 0. The number of carbonyl (C=O) groups is 1. The largest absolute Gasteiger partial charge is 0.506 e. The number of nitrogens with one attached hydrogen (secondary N) is 1. The van der Waals surface area contributed by atoms with Gasteiger partial charge in [-0.15, -0.1) is 0 Å². The average molecular weight is 649 g/mol. The molecule has 0 saturated carbocycles. The van der Waals surface area contributed by atoms with E-state index in [0.29, 0.717) is 40.9 Å². The lowest BCUT2D eigenvalue weighted by Crippen LogP contribution is -2.38. The van der Waals surface area contributed by atoms with Gasteiger partial charge in [-0.1, -0.05) is 76.4 Å². The molecule has 0 aromatic heterocycles.